The number of allylic oxidation sites excluding steroid dienone is 2. The number of likely N-dealkylation sites (tertiary alicyclic amines) is 1. The molecule has 2 bridgehead atoms. The smallest absolute Gasteiger partial charge is 0.240 e. The summed E-state index contributed by atoms with van der Waals surface area (Å²) >= 11 is 0. The van der Waals surface area contributed by atoms with Crippen LogP contribution < -0.4 is 5.32 Å². The molecule has 4 rings (SSSR count). The molecule has 4 unspecified atom stereocenters. The number of nitrogens with one attached hydrogen (secondary N) is 1. The second-order valence-corrected chi connectivity index (χ2v) is 6.40. The number of amides is 3. The number of nitrogens with zero attached hydrogens (tertiary/aromatic N) is 2. The molecule has 6 nitrogen and oxygen atoms in total. The lowest BCUT2D eigenvalue weighted by molar-refractivity contribution is -0.144. The Labute approximate surface area is 133 Å². The van der Waals surface area contributed by atoms with Crippen LogP contribution in [0.25, 0.3) is 0 Å². The van der Waals surface area contributed by atoms with Crippen LogP contribution in [0.15, 0.2) is 36.7 Å². The van der Waals surface area contributed by atoms with E-state index in [-0.39, 0.29) is 47.9 Å². The number of carbonyl (C=O) groups excluding carboxylic acids is 3. The van der Waals surface area contributed by atoms with Crippen LogP contribution >= 0.6 is 0 Å². The van der Waals surface area contributed by atoms with Gasteiger partial charge in [-0.15, -0.1) is 0 Å². The summed E-state index contributed by atoms with van der Waals surface area (Å²) in [5, 5.41) is 2.73. The van der Waals surface area contributed by atoms with Gasteiger partial charge in [-0.05, 0) is 29.9 Å². The molecule has 1 saturated carbocycles. The normalized spacial score (nSPS) is 30.9. The van der Waals surface area contributed by atoms with Crippen molar-refractivity contribution in [3.63, 3.8) is 0 Å². The number of aromatic nitrogens is 1. The molecule has 1 aromatic heterocycles. The predicted octanol–water partition coefficient (Wildman–Crippen LogP) is 0.505. The summed E-state index contributed by atoms with van der Waals surface area (Å²) in [6, 6.07) is 3.65. The number of imide groups is 1. The maximum absolute atomic E-state index is 12.5. The monoisotopic (exact) mass is 311 g/mol. The summed E-state index contributed by atoms with van der Waals surface area (Å²) in [6.45, 7) is 0.146. The first-order chi connectivity index (χ1) is 11.1. The van der Waals surface area contributed by atoms with Crippen LogP contribution in [0.3, 0.4) is 0 Å². The molecule has 0 spiro atoms. The van der Waals surface area contributed by atoms with E-state index in [0.717, 1.165) is 16.9 Å². The van der Waals surface area contributed by atoms with Crippen molar-refractivity contribution in [2.45, 2.75) is 13.0 Å². The molecule has 1 aromatic rings. The lowest BCUT2D eigenvalue weighted by Crippen LogP contribution is -2.41. The van der Waals surface area contributed by atoms with Crippen molar-refractivity contribution in [1.29, 1.82) is 0 Å². The molecule has 1 aliphatic heterocycles. The van der Waals surface area contributed by atoms with Crippen LogP contribution in [0.1, 0.15) is 12.0 Å². The van der Waals surface area contributed by atoms with Crippen molar-refractivity contribution in [2.24, 2.45) is 23.7 Å². The van der Waals surface area contributed by atoms with Gasteiger partial charge in [0.1, 0.15) is 6.54 Å². The van der Waals surface area contributed by atoms with Gasteiger partial charge >= 0.3 is 0 Å². The van der Waals surface area contributed by atoms with E-state index in [1.54, 1.807) is 18.5 Å². The van der Waals surface area contributed by atoms with Gasteiger partial charge in [-0.2, -0.15) is 0 Å². The third-order valence-corrected chi connectivity index (χ3v) is 5.08. The van der Waals surface area contributed by atoms with Gasteiger partial charge in [0.15, 0.2) is 0 Å². The molecular weight excluding hydrogens is 294 g/mol. The Balaban J connectivity index is 1.39. The average Bonchev–Trinajstić information content (AvgIpc) is 3.24. The highest BCUT2D eigenvalue weighted by Crippen LogP contribution is 2.52. The minimum Gasteiger partial charge on any atom is -0.350 e. The summed E-state index contributed by atoms with van der Waals surface area (Å²) < 4.78 is 0. The standard InChI is InChI=1S/C17H17N3O3/c21-13(19-8-10-2-1-5-18-7-10)9-20-16(22)14-11-3-4-12(6-11)15(14)17(20)23/h1-5,7,11-12,14-15H,6,8-9H2,(H,19,21). The zero-order valence-electron chi connectivity index (χ0n) is 12.5. The lowest BCUT2D eigenvalue weighted by atomic mass is 9.85. The van der Waals surface area contributed by atoms with E-state index in [0.29, 0.717) is 6.54 Å². The van der Waals surface area contributed by atoms with Gasteiger partial charge in [0.2, 0.25) is 17.7 Å². The van der Waals surface area contributed by atoms with E-state index in [1.807, 2.05) is 18.2 Å². The van der Waals surface area contributed by atoms with Gasteiger partial charge < -0.3 is 5.32 Å². The number of carbonyl (C=O) groups is 3. The average molecular weight is 311 g/mol. The zero-order valence-corrected chi connectivity index (χ0v) is 12.5. The van der Waals surface area contributed by atoms with Crippen molar-refractivity contribution in [1.82, 2.24) is 15.2 Å². The first kappa shape index (κ1) is 14.1. The highest BCUT2D eigenvalue weighted by molar-refractivity contribution is 6.08. The number of pyridine rings is 1. The quantitative estimate of drug-likeness (QED) is 0.649. The SMILES string of the molecule is O=C(CN1C(=O)C2C3C=CC(C3)C2C1=O)NCc1cccnc1. The third-order valence-electron chi connectivity index (χ3n) is 5.08. The minimum atomic E-state index is -0.323. The molecule has 2 aliphatic carbocycles. The summed E-state index contributed by atoms with van der Waals surface area (Å²) in [5.41, 5.74) is 0.874. The molecule has 6 heteroatoms. The molecule has 118 valence electrons. The summed E-state index contributed by atoms with van der Waals surface area (Å²) in [7, 11) is 0. The summed E-state index contributed by atoms with van der Waals surface area (Å²) in [6.07, 6.45) is 8.31. The zero-order chi connectivity index (χ0) is 16.0. The molecule has 2 fully saturated rings. The fourth-order valence-corrected chi connectivity index (χ4v) is 4.02. The van der Waals surface area contributed by atoms with Gasteiger partial charge in [-0.1, -0.05) is 18.2 Å². The van der Waals surface area contributed by atoms with Crippen LogP contribution in [0.5, 0.6) is 0 Å². The van der Waals surface area contributed by atoms with Gasteiger partial charge in [0.05, 0.1) is 11.8 Å². The Kier molecular flexibility index (Phi) is 3.25. The second kappa shape index (κ2) is 5.30. The summed E-state index contributed by atoms with van der Waals surface area (Å²) in [4.78, 5) is 42.1. The van der Waals surface area contributed by atoms with E-state index in [2.05, 4.69) is 10.3 Å². The van der Waals surface area contributed by atoms with Crippen molar-refractivity contribution in [3.05, 3.63) is 42.2 Å². The van der Waals surface area contributed by atoms with Crippen molar-refractivity contribution in [2.75, 3.05) is 6.54 Å². The van der Waals surface area contributed by atoms with Crippen molar-refractivity contribution in [3.8, 4) is 0 Å². The fourth-order valence-electron chi connectivity index (χ4n) is 4.02. The van der Waals surface area contributed by atoms with Crippen LogP contribution in [0.2, 0.25) is 0 Å². The highest BCUT2D eigenvalue weighted by atomic mass is 16.2. The van der Waals surface area contributed by atoms with Gasteiger partial charge in [0.25, 0.3) is 0 Å². The minimum absolute atomic E-state index is 0.171. The largest absolute Gasteiger partial charge is 0.350 e. The number of hydrogen-bond acceptors (Lipinski definition) is 4. The Hall–Kier alpha value is -2.50. The molecule has 3 amide bonds. The van der Waals surface area contributed by atoms with Gasteiger partial charge in [0, 0.05) is 18.9 Å². The molecule has 4 atom stereocenters. The van der Waals surface area contributed by atoms with Crippen LogP contribution in [-0.2, 0) is 20.9 Å². The maximum atomic E-state index is 12.5. The Morgan fingerprint density at radius 3 is 2.52 bits per heavy atom. The second-order valence-electron chi connectivity index (χ2n) is 6.40. The Bertz CT molecular complexity index is 670. The van der Waals surface area contributed by atoms with Crippen LogP contribution in [0, 0.1) is 23.7 Å². The van der Waals surface area contributed by atoms with Crippen LogP contribution in [0.4, 0.5) is 0 Å². The molecule has 0 radical (unpaired) electrons. The highest BCUT2D eigenvalue weighted by Gasteiger charge is 2.59. The van der Waals surface area contributed by atoms with E-state index < -0.39 is 0 Å². The van der Waals surface area contributed by atoms with Crippen molar-refractivity contribution >= 4 is 17.7 Å². The summed E-state index contributed by atoms with van der Waals surface area (Å²) in [5.74, 6) is -0.848. The van der Waals surface area contributed by atoms with E-state index in [9.17, 15) is 14.4 Å². The Morgan fingerprint density at radius 1 is 1.22 bits per heavy atom. The topological polar surface area (TPSA) is 79.4 Å². The number of hydrogen-bond donors (Lipinski definition) is 1. The molecular formula is C17H17N3O3. The van der Waals surface area contributed by atoms with Crippen LogP contribution in [-0.4, -0.2) is 34.2 Å². The first-order valence-corrected chi connectivity index (χ1v) is 7.84. The van der Waals surface area contributed by atoms with E-state index in [4.69, 9.17) is 0 Å². The molecule has 1 saturated heterocycles. The molecule has 23 heavy (non-hydrogen) atoms. The molecule has 2 heterocycles. The molecule has 1 N–H and O–H groups in total. The molecule has 3 aliphatic rings. The number of rotatable bonds is 4. The van der Waals surface area contributed by atoms with Gasteiger partial charge in [-0.25, -0.2) is 0 Å². The molecule has 0 aromatic carbocycles. The van der Waals surface area contributed by atoms with Crippen molar-refractivity contribution < 1.29 is 14.4 Å². The fraction of sp³-hybridized carbons (Fsp3) is 0.412. The maximum Gasteiger partial charge on any atom is 0.240 e. The first-order valence-electron chi connectivity index (χ1n) is 7.84. The number of fused-ring (bicyclic) bond motifs is 5. The van der Waals surface area contributed by atoms with E-state index >= 15 is 0 Å². The Morgan fingerprint density at radius 2 is 1.91 bits per heavy atom. The third kappa shape index (κ3) is 2.25. The van der Waals surface area contributed by atoms with E-state index in [1.165, 1.54) is 0 Å². The van der Waals surface area contributed by atoms with Gasteiger partial charge in [-0.3, -0.25) is 24.3 Å². The predicted molar refractivity (Wildman–Crippen MR) is 80.5 cm³/mol. The lowest BCUT2D eigenvalue weighted by Gasteiger charge is -2.16.